The van der Waals surface area contributed by atoms with Crippen molar-refractivity contribution in [1.82, 2.24) is 0 Å². The summed E-state index contributed by atoms with van der Waals surface area (Å²) in [6.45, 7) is 0. The number of allylic oxidation sites excluding steroid dienone is 6. The summed E-state index contributed by atoms with van der Waals surface area (Å²) in [4.78, 5) is 0. The van der Waals surface area contributed by atoms with Crippen molar-refractivity contribution in [3.8, 4) is 0 Å². The van der Waals surface area contributed by atoms with E-state index in [1.807, 2.05) is 0 Å². The minimum Gasteiger partial charge on any atom is -0.0873 e. The van der Waals surface area contributed by atoms with E-state index < -0.39 is 0 Å². The zero-order chi connectivity index (χ0) is 14.1. The predicted molar refractivity (Wildman–Crippen MR) is 89.6 cm³/mol. The van der Waals surface area contributed by atoms with Crippen LogP contribution in [0.15, 0.2) is 85.0 Å². The maximum absolute atomic E-state index is 2.39. The van der Waals surface area contributed by atoms with E-state index in [1.54, 1.807) is 0 Å². The van der Waals surface area contributed by atoms with Crippen molar-refractivity contribution < 1.29 is 0 Å². The molecule has 0 nitrogen and oxygen atoms in total. The van der Waals surface area contributed by atoms with E-state index in [1.165, 1.54) is 22.3 Å². The van der Waals surface area contributed by atoms with Crippen LogP contribution in [0.3, 0.4) is 0 Å². The van der Waals surface area contributed by atoms with Gasteiger partial charge in [0.15, 0.2) is 0 Å². The standard InChI is InChI=1S/C21H18/c1-3-8-16(9-4-1)18-14-15-19(17-10-5-2-6-11-17)21-13-7-12-20(18)21/h1-12,14-15,20-21H,13H2. The summed E-state index contributed by atoms with van der Waals surface area (Å²) < 4.78 is 0. The lowest BCUT2D eigenvalue weighted by Gasteiger charge is -2.29. The average Bonchev–Trinajstić information content (AvgIpc) is 3.05. The molecule has 0 N–H and O–H groups in total. The first-order valence-corrected chi connectivity index (χ1v) is 7.63. The molecular formula is C21H18. The van der Waals surface area contributed by atoms with Crippen LogP contribution in [0.2, 0.25) is 0 Å². The van der Waals surface area contributed by atoms with Crippen molar-refractivity contribution in [2.24, 2.45) is 11.8 Å². The smallest absolute Gasteiger partial charge is 0.00958 e. The van der Waals surface area contributed by atoms with Gasteiger partial charge in [-0.25, -0.2) is 0 Å². The van der Waals surface area contributed by atoms with Crippen LogP contribution >= 0.6 is 0 Å². The Bertz CT molecular complexity index is 717. The topological polar surface area (TPSA) is 0 Å². The molecule has 2 aliphatic rings. The summed E-state index contributed by atoms with van der Waals surface area (Å²) >= 11 is 0. The molecule has 0 saturated carbocycles. The molecule has 2 atom stereocenters. The zero-order valence-corrected chi connectivity index (χ0v) is 11.9. The summed E-state index contributed by atoms with van der Waals surface area (Å²) in [5.41, 5.74) is 5.64. The van der Waals surface area contributed by atoms with Gasteiger partial charge in [-0.2, -0.15) is 0 Å². The third-order valence-electron chi connectivity index (χ3n) is 4.58. The van der Waals surface area contributed by atoms with E-state index in [-0.39, 0.29) is 0 Å². The van der Waals surface area contributed by atoms with Gasteiger partial charge >= 0.3 is 0 Å². The molecule has 2 aromatic carbocycles. The Hall–Kier alpha value is -2.34. The van der Waals surface area contributed by atoms with Crippen LogP contribution in [-0.2, 0) is 0 Å². The van der Waals surface area contributed by atoms with Crippen molar-refractivity contribution in [1.29, 1.82) is 0 Å². The summed E-state index contributed by atoms with van der Waals surface area (Å²) in [5.74, 6) is 1.11. The SMILES string of the molecule is C1=CC2C(c3ccccc3)=CC=C(c3ccccc3)C2C1. The molecule has 0 aromatic heterocycles. The molecule has 0 radical (unpaired) electrons. The summed E-state index contributed by atoms with van der Waals surface area (Å²) in [5, 5.41) is 0. The third kappa shape index (κ3) is 2.17. The van der Waals surface area contributed by atoms with Gasteiger partial charge in [0, 0.05) is 5.92 Å². The maximum atomic E-state index is 2.39. The molecule has 0 heteroatoms. The van der Waals surface area contributed by atoms with E-state index in [2.05, 4.69) is 85.0 Å². The van der Waals surface area contributed by atoms with E-state index in [0.717, 1.165) is 6.42 Å². The van der Waals surface area contributed by atoms with Crippen LogP contribution in [0.5, 0.6) is 0 Å². The number of rotatable bonds is 2. The van der Waals surface area contributed by atoms with Crippen molar-refractivity contribution in [2.75, 3.05) is 0 Å². The van der Waals surface area contributed by atoms with E-state index in [0.29, 0.717) is 11.8 Å². The minimum atomic E-state index is 0.521. The van der Waals surface area contributed by atoms with Crippen LogP contribution in [-0.4, -0.2) is 0 Å². The molecule has 0 aliphatic heterocycles. The van der Waals surface area contributed by atoms with E-state index >= 15 is 0 Å². The van der Waals surface area contributed by atoms with Gasteiger partial charge in [0.25, 0.3) is 0 Å². The van der Waals surface area contributed by atoms with Crippen LogP contribution in [0.4, 0.5) is 0 Å². The highest BCUT2D eigenvalue weighted by atomic mass is 14.4. The first-order chi connectivity index (χ1) is 10.4. The fourth-order valence-corrected chi connectivity index (χ4v) is 3.57. The Morgan fingerprint density at radius 1 is 0.667 bits per heavy atom. The number of benzene rings is 2. The van der Waals surface area contributed by atoms with Gasteiger partial charge in [0.1, 0.15) is 0 Å². The van der Waals surface area contributed by atoms with Crippen LogP contribution in [0.1, 0.15) is 17.5 Å². The fourth-order valence-electron chi connectivity index (χ4n) is 3.57. The van der Waals surface area contributed by atoms with Crippen molar-refractivity contribution >= 4 is 11.1 Å². The molecule has 0 spiro atoms. The highest BCUT2D eigenvalue weighted by molar-refractivity contribution is 5.82. The quantitative estimate of drug-likeness (QED) is 0.644. The monoisotopic (exact) mass is 270 g/mol. The third-order valence-corrected chi connectivity index (χ3v) is 4.58. The highest BCUT2D eigenvalue weighted by Gasteiger charge is 2.32. The molecule has 21 heavy (non-hydrogen) atoms. The van der Waals surface area contributed by atoms with Gasteiger partial charge in [-0.1, -0.05) is 85.0 Å². The molecule has 102 valence electrons. The Balaban J connectivity index is 1.79. The second-order valence-electron chi connectivity index (χ2n) is 5.77. The number of fused-ring (bicyclic) bond motifs is 1. The molecule has 2 unspecified atom stereocenters. The highest BCUT2D eigenvalue weighted by Crippen LogP contribution is 2.46. The first kappa shape index (κ1) is 12.4. The molecule has 0 saturated heterocycles. The predicted octanol–water partition coefficient (Wildman–Crippen LogP) is 5.36. The Morgan fingerprint density at radius 2 is 1.24 bits per heavy atom. The van der Waals surface area contributed by atoms with Crippen LogP contribution < -0.4 is 0 Å². The first-order valence-electron chi connectivity index (χ1n) is 7.63. The summed E-state index contributed by atoms with van der Waals surface area (Å²) in [6, 6.07) is 21.6. The fraction of sp³-hybridized carbons (Fsp3) is 0.143. The largest absolute Gasteiger partial charge is 0.0873 e. The second kappa shape index (κ2) is 5.21. The normalized spacial score (nSPS) is 23.4. The average molecular weight is 270 g/mol. The van der Waals surface area contributed by atoms with Gasteiger partial charge in [-0.05, 0) is 34.6 Å². The van der Waals surface area contributed by atoms with Gasteiger partial charge in [-0.15, -0.1) is 0 Å². The lowest BCUT2D eigenvalue weighted by atomic mass is 9.75. The van der Waals surface area contributed by atoms with Gasteiger partial charge in [-0.3, -0.25) is 0 Å². The minimum absolute atomic E-state index is 0.521. The van der Waals surface area contributed by atoms with E-state index in [4.69, 9.17) is 0 Å². The maximum Gasteiger partial charge on any atom is 0.00958 e. The molecular weight excluding hydrogens is 252 g/mol. The molecule has 0 amide bonds. The van der Waals surface area contributed by atoms with Crippen molar-refractivity contribution in [3.63, 3.8) is 0 Å². The molecule has 0 bridgehead atoms. The molecule has 2 aliphatic carbocycles. The number of hydrogen-bond acceptors (Lipinski definition) is 0. The molecule has 2 aromatic rings. The summed E-state index contributed by atoms with van der Waals surface area (Å²) in [6.07, 6.45) is 10.5. The van der Waals surface area contributed by atoms with Gasteiger partial charge < -0.3 is 0 Å². The summed E-state index contributed by atoms with van der Waals surface area (Å²) in [7, 11) is 0. The molecule has 0 fully saturated rings. The number of hydrogen-bond donors (Lipinski definition) is 0. The Morgan fingerprint density at radius 3 is 1.90 bits per heavy atom. The van der Waals surface area contributed by atoms with Crippen molar-refractivity contribution in [3.05, 3.63) is 96.1 Å². The Kier molecular flexibility index (Phi) is 3.08. The van der Waals surface area contributed by atoms with E-state index in [9.17, 15) is 0 Å². The molecule has 4 rings (SSSR count). The van der Waals surface area contributed by atoms with Crippen LogP contribution in [0.25, 0.3) is 11.1 Å². The lowest BCUT2D eigenvalue weighted by Crippen LogP contribution is -2.15. The Labute approximate surface area is 126 Å². The van der Waals surface area contributed by atoms with Crippen molar-refractivity contribution in [2.45, 2.75) is 6.42 Å². The van der Waals surface area contributed by atoms with Gasteiger partial charge in [0.2, 0.25) is 0 Å². The lowest BCUT2D eigenvalue weighted by molar-refractivity contribution is 0.629. The van der Waals surface area contributed by atoms with Crippen LogP contribution in [0, 0.1) is 11.8 Å². The molecule has 0 heterocycles. The second-order valence-corrected chi connectivity index (χ2v) is 5.77. The van der Waals surface area contributed by atoms with Gasteiger partial charge in [0.05, 0.1) is 0 Å². The zero-order valence-electron chi connectivity index (χ0n) is 11.9.